The van der Waals surface area contributed by atoms with E-state index < -0.39 is 47.7 Å². The summed E-state index contributed by atoms with van der Waals surface area (Å²) in [5.41, 5.74) is -0.0234. The Bertz CT molecular complexity index is 773. The number of amides is 2. The van der Waals surface area contributed by atoms with Crippen molar-refractivity contribution in [3.05, 3.63) is 35.9 Å². The Morgan fingerprint density at radius 2 is 1.76 bits per heavy atom. The van der Waals surface area contributed by atoms with Gasteiger partial charge < -0.3 is 24.8 Å². The van der Waals surface area contributed by atoms with Crippen LogP contribution < -0.4 is 5.32 Å². The van der Waals surface area contributed by atoms with Crippen molar-refractivity contribution in [2.24, 2.45) is 0 Å². The zero-order valence-electron chi connectivity index (χ0n) is 16.9. The van der Waals surface area contributed by atoms with E-state index in [1.807, 2.05) is 6.07 Å². The van der Waals surface area contributed by atoms with E-state index in [0.717, 1.165) is 10.5 Å². The number of carboxylic acid groups (broad SMARTS) is 1. The lowest BCUT2D eigenvalue weighted by Crippen LogP contribution is -2.48. The maximum absolute atomic E-state index is 13.0. The molecule has 1 aliphatic heterocycles. The lowest BCUT2D eigenvalue weighted by molar-refractivity contribution is -0.145. The molecule has 0 spiro atoms. The number of nitrogens with one attached hydrogen (secondary N) is 1. The van der Waals surface area contributed by atoms with Gasteiger partial charge in [0.2, 0.25) is 5.91 Å². The molecule has 1 saturated heterocycles. The quantitative estimate of drug-likeness (QED) is 0.518. The van der Waals surface area contributed by atoms with E-state index in [4.69, 9.17) is 9.47 Å². The lowest BCUT2D eigenvalue weighted by atomic mass is 10.1. The van der Waals surface area contributed by atoms with Crippen LogP contribution in [0.3, 0.4) is 0 Å². The smallest absolute Gasteiger partial charge is 0.408 e. The van der Waals surface area contributed by atoms with Crippen molar-refractivity contribution < 1.29 is 33.8 Å². The first-order valence-electron chi connectivity index (χ1n) is 9.30. The first kappa shape index (κ1) is 22.2. The Morgan fingerprint density at radius 1 is 1.14 bits per heavy atom. The van der Waals surface area contributed by atoms with Crippen molar-refractivity contribution in [1.29, 1.82) is 0 Å². The fourth-order valence-electron chi connectivity index (χ4n) is 2.91. The van der Waals surface area contributed by atoms with Crippen LogP contribution in [0.4, 0.5) is 4.79 Å². The minimum Gasteiger partial charge on any atom is -0.480 e. The van der Waals surface area contributed by atoms with Crippen LogP contribution in [0, 0.1) is 0 Å². The summed E-state index contributed by atoms with van der Waals surface area (Å²) in [6.07, 6.45) is -0.703. The molecule has 9 nitrogen and oxygen atoms in total. The van der Waals surface area contributed by atoms with Gasteiger partial charge in [-0.3, -0.25) is 4.79 Å². The Morgan fingerprint density at radius 3 is 2.28 bits per heavy atom. The van der Waals surface area contributed by atoms with Gasteiger partial charge in [-0.15, -0.1) is 0 Å². The normalized spacial score (nSPS) is 19.1. The number of hydrogen-bond donors (Lipinski definition) is 2. The van der Waals surface area contributed by atoms with Gasteiger partial charge >= 0.3 is 18.0 Å². The minimum absolute atomic E-state index is 0.0628. The van der Waals surface area contributed by atoms with E-state index in [0.29, 0.717) is 0 Å². The number of hydrogen-bond acceptors (Lipinski definition) is 6. The molecular formula is C20H26N2O7. The van der Waals surface area contributed by atoms with Crippen molar-refractivity contribution in [2.75, 3.05) is 6.61 Å². The topological polar surface area (TPSA) is 122 Å². The highest BCUT2D eigenvalue weighted by Crippen LogP contribution is 2.31. The van der Waals surface area contributed by atoms with Crippen molar-refractivity contribution >= 4 is 23.9 Å². The highest BCUT2D eigenvalue weighted by atomic mass is 16.6. The van der Waals surface area contributed by atoms with E-state index in [9.17, 15) is 24.3 Å². The number of esters is 1. The van der Waals surface area contributed by atoms with Gasteiger partial charge in [0.25, 0.3) is 0 Å². The summed E-state index contributed by atoms with van der Waals surface area (Å²) in [7, 11) is 0. The van der Waals surface area contributed by atoms with Crippen molar-refractivity contribution in [1.82, 2.24) is 10.2 Å². The Balaban J connectivity index is 2.22. The number of aliphatic carboxylic acids is 1. The number of carboxylic acids is 1. The molecule has 9 heteroatoms. The molecule has 3 atom stereocenters. The fourth-order valence-corrected chi connectivity index (χ4v) is 2.91. The zero-order valence-corrected chi connectivity index (χ0v) is 16.9. The summed E-state index contributed by atoms with van der Waals surface area (Å²) >= 11 is 0. The van der Waals surface area contributed by atoms with Crippen LogP contribution in [-0.2, 0) is 30.3 Å². The molecule has 0 saturated carbocycles. The third-order valence-corrected chi connectivity index (χ3v) is 4.12. The van der Waals surface area contributed by atoms with Crippen LogP contribution in [0.15, 0.2) is 30.3 Å². The second-order valence-electron chi connectivity index (χ2n) is 7.61. The van der Waals surface area contributed by atoms with Crippen LogP contribution >= 0.6 is 0 Å². The van der Waals surface area contributed by atoms with E-state index >= 15 is 0 Å². The standard InChI is InChI=1S/C20H26N2O7/c1-5-28-18(26)15-14(17(24)25)22(15)16(23)13(11-12-9-7-6-8-10-12)21-19(27)29-20(2,3)4/h6-10,13-15H,5,11H2,1-4H3,(H,21,27)(H,24,25)/t13-,14?,15?,22?/m0/s1. The van der Waals surface area contributed by atoms with Gasteiger partial charge in [-0.2, -0.15) is 0 Å². The van der Waals surface area contributed by atoms with Gasteiger partial charge in [0.05, 0.1) is 6.61 Å². The molecule has 158 valence electrons. The SMILES string of the molecule is CCOC(=O)C1C(C(=O)O)N1C(=O)[C@H](Cc1ccccc1)NC(=O)OC(C)(C)C. The van der Waals surface area contributed by atoms with Crippen LogP contribution in [0.2, 0.25) is 0 Å². The van der Waals surface area contributed by atoms with E-state index in [1.54, 1.807) is 52.0 Å². The van der Waals surface area contributed by atoms with Gasteiger partial charge in [-0.1, -0.05) is 30.3 Å². The average molecular weight is 406 g/mol. The molecule has 0 bridgehead atoms. The molecule has 2 amide bonds. The van der Waals surface area contributed by atoms with Crippen LogP contribution in [0.25, 0.3) is 0 Å². The molecule has 0 aromatic heterocycles. The Kier molecular flexibility index (Phi) is 6.84. The first-order valence-corrected chi connectivity index (χ1v) is 9.30. The maximum Gasteiger partial charge on any atom is 0.408 e. The van der Waals surface area contributed by atoms with Gasteiger partial charge in [0, 0.05) is 6.42 Å². The third-order valence-electron chi connectivity index (χ3n) is 4.12. The maximum atomic E-state index is 13.0. The molecule has 1 aliphatic rings. The van der Waals surface area contributed by atoms with Crippen molar-refractivity contribution in [3.8, 4) is 0 Å². The largest absolute Gasteiger partial charge is 0.480 e. The van der Waals surface area contributed by atoms with Gasteiger partial charge in [0.15, 0.2) is 12.1 Å². The van der Waals surface area contributed by atoms with E-state index in [2.05, 4.69) is 5.32 Å². The minimum atomic E-state index is -1.32. The summed E-state index contributed by atoms with van der Waals surface area (Å²) in [5, 5.41) is 11.8. The number of alkyl carbamates (subject to hydrolysis) is 1. The summed E-state index contributed by atoms with van der Waals surface area (Å²) < 4.78 is 10.1. The van der Waals surface area contributed by atoms with Gasteiger partial charge in [0.1, 0.15) is 11.6 Å². The highest BCUT2D eigenvalue weighted by Gasteiger charge is 2.62. The van der Waals surface area contributed by atoms with Crippen LogP contribution in [-0.4, -0.2) is 64.3 Å². The van der Waals surface area contributed by atoms with Crippen LogP contribution in [0.1, 0.15) is 33.3 Å². The summed E-state index contributed by atoms with van der Waals surface area (Å²) in [5.74, 6) is -2.79. The molecule has 1 fully saturated rings. The lowest BCUT2D eigenvalue weighted by Gasteiger charge is -2.23. The number of carbonyl (C=O) groups excluding carboxylic acids is 3. The number of carbonyl (C=O) groups is 4. The molecule has 2 N–H and O–H groups in total. The van der Waals surface area contributed by atoms with E-state index in [-0.39, 0.29) is 13.0 Å². The van der Waals surface area contributed by atoms with Crippen molar-refractivity contribution in [3.63, 3.8) is 0 Å². The molecule has 0 aliphatic carbocycles. The number of nitrogens with zero attached hydrogens (tertiary/aromatic N) is 1. The fraction of sp³-hybridized carbons (Fsp3) is 0.500. The summed E-state index contributed by atoms with van der Waals surface area (Å²) in [4.78, 5) is 49.7. The third kappa shape index (κ3) is 5.94. The first-order chi connectivity index (χ1) is 13.5. The Hall–Kier alpha value is -3.10. The molecule has 1 aromatic carbocycles. The van der Waals surface area contributed by atoms with Gasteiger partial charge in [-0.05, 0) is 33.3 Å². The average Bonchev–Trinajstić information content (AvgIpc) is 3.36. The van der Waals surface area contributed by atoms with Crippen LogP contribution in [0.5, 0.6) is 0 Å². The Labute approximate surface area is 169 Å². The predicted octanol–water partition coefficient (Wildman–Crippen LogP) is 1.35. The molecule has 1 aromatic rings. The molecular weight excluding hydrogens is 380 g/mol. The molecule has 2 unspecified atom stereocenters. The molecule has 1 heterocycles. The molecule has 0 radical (unpaired) electrons. The van der Waals surface area contributed by atoms with E-state index in [1.165, 1.54) is 0 Å². The second-order valence-corrected chi connectivity index (χ2v) is 7.61. The number of ether oxygens (including phenoxy) is 2. The van der Waals surface area contributed by atoms with Crippen molar-refractivity contribution in [2.45, 2.75) is 57.8 Å². The number of rotatable bonds is 7. The monoisotopic (exact) mass is 406 g/mol. The van der Waals surface area contributed by atoms with Gasteiger partial charge in [-0.25, -0.2) is 14.4 Å². The predicted molar refractivity (Wildman–Crippen MR) is 102 cm³/mol. The second kappa shape index (κ2) is 8.93. The number of benzene rings is 1. The molecule has 2 rings (SSSR count). The summed E-state index contributed by atoms with van der Waals surface area (Å²) in [6.45, 7) is 6.70. The summed E-state index contributed by atoms with van der Waals surface area (Å²) in [6, 6.07) is 5.29. The zero-order chi connectivity index (χ0) is 21.8. The molecule has 29 heavy (non-hydrogen) atoms. The highest BCUT2D eigenvalue weighted by molar-refractivity contribution is 6.02.